The lowest BCUT2D eigenvalue weighted by molar-refractivity contribution is 0.661. The zero-order valence-corrected chi connectivity index (χ0v) is 34.3. The normalized spacial score (nSPS) is 12.6. The van der Waals surface area contributed by atoms with Crippen molar-refractivity contribution < 1.29 is 0 Å². The maximum absolute atomic E-state index is 2.47. The van der Waals surface area contributed by atoms with Gasteiger partial charge in [-0.25, -0.2) is 0 Å². The molecule has 10 aromatic rings. The molecule has 0 bridgehead atoms. The molecule has 0 amide bonds. The van der Waals surface area contributed by atoms with E-state index < -0.39 is 0 Å². The highest BCUT2D eigenvalue weighted by Crippen LogP contribution is 2.51. The lowest BCUT2D eigenvalue weighted by atomic mass is 9.81. The number of fused-ring (bicyclic) bond motifs is 6. The van der Waals surface area contributed by atoms with Gasteiger partial charge in [-0.1, -0.05) is 172 Å². The Labute approximate surface area is 358 Å². The van der Waals surface area contributed by atoms with E-state index in [0.717, 1.165) is 34.1 Å². The van der Waals surface area contributed by atoms with Crippen molar-refractivity contribution in [2.24, 2.45) is 0 Å². The predicted octanol–water partition coefficient (Wildman–Crippen LogP) is 16.6. The van der Waals surface area contributed by atoms with Crippen LogP contribution in [0.3, 0.4) is 0 Å². The van der Waals surface area contributed by atoms with E-state index >= 15 is 0 Å². The SMILES string of the molecule is CC1(C)c2ccccc2-c2cc3ccc4c(N(c5ccccc5)c5cccc(N(c6ccccc6)c6ccc(-c7ccccc7)c(-c7ccccc7)c6)c5)cccc4c3cc21. The maximum Gasteiger partial charge on any atom is 0.0540 e. The Bertz CT molecular complexity index is 3210. The number of rotatable bonds is 8. The Morgan fingerprint density at radius 3 is 1.56 bits per heavy atom. The zero-order valence-electron chi connectivity index (χ0n) is 34.3. The van der Waals surface area contributed by atoms with Crippen LogP contribution in [0.1, 0.15) is 25.0 Å². The van der Waals surface area contributed by atoms with E-state index in [1.165, 1.54) is 66.1 Å². The Hall–Kier alpha value is -7.68. The van der Waals surface area contributed by atoms with Gasteiger partial charge in [0, 0.05) is 39.2 Å². The van der Waals surface area contributed by atoms with Gasteiger partial charge in [-0.3, -0.25) is 0 Å². The second kappa shape index (κ2) is 14.9. The molecule has 2 heteroatoms. The third-order valence-corrected chi connectivity index (χ3v) is 12.6. The van der Waals surface area contributed by atoms with Gasteiger partial charge in [0.05, 0.1) is 5.69 Å². The van der Waals surface area contributed by atoms with Crippen LogP contribution < -0.4 is 9.80 Å². The topological polar surface area (TPSA) is 6.48 Å². The molecule has 290 valence electrons. The van der Waals surface area contributed by atoms with Crippen LogP contribution in [0.2, 0.25) is 0 Å². The van der Waals surface area contributed by atoms with Gasteiger partial charge < -0.3 is 9.80 Å². The monoisotopic (exact) mass is 780 g/mol. The lowest BCUT2D eigenvalue weighted by Gasteiger charge is -2.30. The van der Waals surface area contributed by atoms with Crippen molar-refractivity contribution in [1.29, 1.82) is 0 Å². The summed E-state index contributed by atoms with van der Waals surface area (Å²) < 4.78 is 0. The quantitative estimate of drug-likeness (QED) is 0.142. The molecule has 0 fully saturated rings. The van der Waals surface area contributed by atoms with Gasteiger partial charge in [-0.15, -0.1) is 0 Å². The second-order valence-electron chi connectivity index (χ2n) is 16.6. The first-order valence-electron chi connectivity index (χ1n) is 21.2. The minimum Gasteiger partial charge on any atom is -0.310 e. The van der Waals surface area contributed by atoms with Crippen LogP contribution in [-0.4, -0.2) is 0 Å². The molecular weight excluding hydrogens is 737 g/mol. The van der Waals surface area contributed by atoms with Crippen molar-refractivity contribution in [2.45, 2.75) is 19.3 Å². The molecule has 0 N–H and O–H groups in total. The molecule has 2 nitrogen and oxygen atoms in total. The highest BCUT2D eigenvalue weighted by atomic mass is 15.2. The van der Waals surface area contributed by atoms with E-state index in [9.17, 15) is 0 Å². The van der Waals surface area contributed by atoms with E-state index in [0.29, 0.717) is 0 Å². The first kappa shape index (κ1) is 36.4. The van der Waals surface area contributed by atoms with E-state index in [2.05, 4.69) is 254 Å². The van der Waals surface area contributed by atoms with Crippen molar-refractivity contribution in [1.82, 2.24) is 0 Å². The van der Waals surface area contributed by atoms with Crippen LogP contribution in [0, 0.1) is 0 Å². The number of nitrogens with zero attached hydrogens (tertiary/aromatic N) is 2. The van der Waals surface area contributed by atoms with E-state index in [1.54, 1.807) is 0 Å². The summed E-state index contributed by atoms with van der Waals surface area (Å²) >= 11 is 0. The number of hydrogen-bond donors (Lipinski definition) is 0. The fraction of sp³-hybridized carbons (Fsp3) is 0.0508. The fourth-order valence-corrected chi connectivity index (χ4v) is 9.66. The number of hydrogen-bond acceptors (Lipinski definition) is 2. The van der Waals surface area contributed by atoms with Crippen LogP contribution in [0.4, 0.5) is 34.1 Å². The first-order valence-corrected chi connectivity index (χ1v) is 21.2. The summed E-state index contributed by atoms with van der Waals surface area (Å²) in [7, 11) is 0. The van der Waals surface area contributed by atoms with Crippen LogP contribution in [0.5, 0.6) is 0 Å². The average Bonchev–Trinajstić information content (AvgIpc) is 3.54. The lowest BCUT2D eigenvalue weighted by Crippen LogP contribution is -2.14. The molecule has 0 aromatic heterocycles. The highest BCUT2D eigenvalue weighted by Gasteiger charge is 2.35. The zero-order chi connectivity index (χ0) is 40.9. The maximum atomic E-state index is 2.47. The van der Waals surface area contributed by atoms with Crippen molar-refractivity contribution in [3.63, 3.8) is 0 Å². The summed E-state index contributed by atoms with van der Waals surface area (Å²) in [5, 5.41) is 5.00. The Kier molecular flexibility index (Phi) is 8.86. The molecule has 0 heterocycles. The third-order valence-electron chi connectivity index (χ3n) is 12.6. The molecule has 10 aromatic carbocycles. The molecule has 1 aliphatic rings. The number of anilines is 6. The Morgan fingerprint density at radius 1 is 0.295 bits per heavy atom. The summed E-state index contributed by atoms with van der Waals surface area (Å²) in [6, 6.07) is 84.0. The average molecular weight is 781 g/mol. The van der Waals surface area contributed by atoms with Gasteiger partial charge in [0.25, 0.3) is 0 Å². The van der Waals surface area contributed by atoms with Crippen molar-refractivity contribution in [3.8, 4) is 33.4 Å². The standard InChI is InChI=1S/C59H44N2/c1-59(2)56-31-16-15-29-51(56)55-37-43-33-35-52-50(54(43)40-57(55)59)30-18-32-58(52)61(45-25-13-6-14-26-45)47-28-17-27-46(38-47)60(44-23-11-5-12-24-44)48-34-36-49(41-19-7-3-8-20-41)53(39-48)42-21-9-4-10-22-42/h3-40H,1-2H3. The minimum absolute atomic E-state index is 0.0786. The van der Waals surface area contributed by atoms with E-state index in [1.807, 2.05) is 0 Å². The second-order valence-corrected chi connectivity index (χ2v) is 16.6. The molecule has 0 radical (unpaired) electrons. The van der Waals surface area contributed by atoms with Crippen molar-refractivity contribution >= 4 is 55.7 Å². The number of benzene rings is 10. The van der Waals surface area contributed by atoms with Gasteiger partial charge in [0.2, 0.25) is 0 Å². The van der Waals surface area contributed by atoms with Gasteiger partial charge in [-0.05, 0) is 133 Å². The van der Waals surface area contributed by atoms with Gasteiger partial charge >= 0.3 is 0 Å². The van der Waals surface area contributed by atoms with Crippen LogP contribution in [0.25, 0.3) is 54.9 Å². The summed E-state index contributed by atoms with van der Waals surface area (Å²) in [6.07, 6.45) is 0. The highest BCUT2D eigenvalue weighted by molar-refractivity contribution is 6.14. The predicted molar refractivity (Wildman–Crippen MR) is 259 cm³/mol. The van der Waals surface area contributed by atoms with Crippen molar-refractivity contribution in [2.75, 3.05) is 9.80 Å². The molecule has 0 saturated heterocycles. The Balaban J connectivity index is 1.08. The van der Waals surface area contributed by atoms with Gasteiger partial charge in [-0.2, -0.15) is 0 Å². The van der Waals surface area contributed by atoms with Gasteiger partial charge in [0.15, 0.2) is 0 Å². The molecule has 11 rings (SSSR count). The summed E-state index contributed by atoms with van der Waals surface area (Å²) in [5.41, 5.74) is 16.7. The largest absolute Gasteiger partial charge is 0.310 e. The summed E-state index contributed by atoms with van der Waals surface area (Å²) in [6.45, 7) is 4.73. The van der Waals surface area contributed by atoms with Crippen LogP contribution >= 0.6 is 0 Å². The fourth-order valence-electron chi connectivity index (χ4n) is 9.66. The molecule has 1 aliphatic carbocycles. The van der Waals surface area contributed by atoms with Crippen molar-refractivity contribution in [3.05, 3.63) is 242 Å². The molecule has 0 atom stereocenters. The number of para-hydroxylation sites is 2. The molecule has 0 unspecified atom stereocenters. The van der Waals surface area contributed by atoms with E-state index in [4.69, 9.17) is 0 Å². The van der Waals surface area contributed by atoms with E-state index in [-0.39, 0.29) is 5.41 Å². The molecular formula is C59H44N2. The molecule has 0 aliphatic heterocycles. The minimum atomic E-state index is -0.0786. The van der Waals surface area contributed by atoms with Gasteiger partial charge in [0.1, 0.15) is 0 Å². The molecule has 61 heavy (non-hydrogen) atoms. The summed E-state index contributed by atoms with van der Waals surface area (Å²) in [5.74, 6) is 0. The third kappa shape index (κ3) is 6.27. The molecule has 0 saturated carbocycles. The summed E-state index contributed by atoms with van der Waals surface area (Å²) in [4.78, 5) is 4.80. The van der Waals surface area contributed by atoms with Crippen LogP contribution in [-0.2, 0) is 5.41 Å². The van der Waals surface area contributed by atoms with Crippen LogP contribution in [0.15, 0.2) is 231 Å². The Morgan fingerprint density at radius 2 is 0.852 bits per heavy atom. The molecule has 0 spiro atoms. The smallest absolute Gasteiger partial charge is 0.0540 e. The first-order chi connectivity index (χ1) is 30.0.